The first-order chi connectivity index (χ1) is 16.7. The number of aromatic nitrogens is 2. The Morgan fingerprint density at radius 3 is 2.17 bits per heavy atom. The molecule has 1 N–H and O–H groups in total. The van der Waals surface area contributed by atoms with Gasteiger partial charge in [0.15, 0.2) is 6.10 Å². The SMILES string of the molecule is O=C(OC[C@@H]1OC(n2cc(Cl)c(=O)[nH]c2=O)C(F)(F)[C@H]1OC(=O)c1ccccc1)c1ccccc1. The van der Waals surface area contributed by atoms with Crippen LogP contribution in [0.15, 0.2) is 76.4 Å². The lowest BCUT2D eigenvalue weighted by molar-refractivity contribution is -0.142. The van der Waals surface area contributed by atoms with Crippen LogP contribution in [0.1, 0.15) is 26.9 Å². The van der Waals surface area contributed by atoms with Gasteiger partial charge in [-0.2, -0.15) is 8.78 Å². The van der Waals surface area contributed by atoms with E-state index in [4.69, 9.17) is 25.8 Å². The molecule has 0 radical (unpaired) electrons. The van der Waals surface area contributed by atoms with Crippen LogP contribution in [0.25, 0.3) is 0 Å². The molecule has 2 aromatic carbocycles. The van der Waals surface area contributed by atoms with Crippen molar-refractivity contribution in [2.75, 3.05) is 6.61 Å². The topological polar surface area (TPSA) is 117 Å². The number of H-pyrrole nitrogens is 1. The molecule has 0 spiro atoms. The van der Waals surface area contributed by atoms with E-state index in [0.717, 1.165) is 0 Å². The van der Waals surface area contributed by atoms with Gasteiger partial charge in [-0.25, -0.2) is 14.4 Å². The van der Waals surface area contributed by atoms with Crippen molar-refractivity contribution in [3.8, 4) is 0 Å². The van der Waals surface area contributed by atoms with E-state index in [2.05, 4.69) is 0 Å². The van der Waals surface area contributed by atoms with Crippen LogP contribution in [0.2, 0.25) is 5.02 Å². The maximum atomic E-state index is 15.5. The first kappa shape index (κ1) is 24.3. The molecular formula is C23H17ClF2N2O7. The number of alkyl halides is 2. The van der Waals surface area contributed by atoms with Gasteiger partial charge >= 0.3 is 23.6 Å². The fraction of sp³-hybridized carbons (Fsp3) is 0.217. The number of nitrogens with zero attached hydrogens (tertiary/aromatic N) is 1. The summed E-state index contributed by atoms with van der Waals surface area (Å²) in [6, 6.07) is 15.2. The molecule has 3 atom stereocenters. The first-order valence-corrected chi connectivity index (χ1v) is 10.6. The van der Waals surface area contributed by atoms with Crippen LogP contribution in [-0.2, 0) is 14.2 Å². The summed E-state index contributed by atoms with van der Waals surface area (Å²) in [7, 11) is 0. The molecule has 0 bridgehead atoms. The number of rotatable bonds is 6. The number of hydrogen-bond donors (Lipinski definition) is 1. The molecule has 0 saturated carbocycles. The van der Waals surface area contributed by atoms with Crippen LogP contribution in [0.3, 0.4) is 0 Å². The molecule has 3 aromatic rings. The number of esters is 2. The highest BCUT2D eigenvalue weighted by atomic mass is 35.5. The zero-order chi connectivity index (χ0) is 25.2. The van der Waals surface area contributed by atoms with E-state index in [1.807, 2.05) is 0 Å². The van der Waals surface area contributed by atoms with Gasteiger partial charge in [0.05, 0.1) is 11.1 Å². The van der Waals surface area contributed by atoms with E-state index in [0.29, 0.717) is 10.8 Å². The van der Waals surface area contributed by atoms with Gasteiger partial charge in [-0.05, 0) is 24.3 Å². The summed E-state index contributed by atoms with van der Waals surface area (Å²) in [5.74, 6) is -5.89. The van der Waals surface area contributed by atoms with Crippen LogP contribution in [-0.4, -0.2) is 46.2 Å². The number of halogens is 3. The number of aromatic amines is 1. The molecule has 2 heterocycles. The molecule has 1 aromatic heterocycles. The predicted molar refractivity (Wildman–Crippen MR) is 118 cm³/mol. The van der Waals surface area contributed by atoms with E-state index < -0.39 is 59.2 Å². The molecule has 12 heteroatoms. The monoisotopic (exact) mass is 506 g/mol. The van der Waals surface area contributed by atoms with Gasteiger partial charge in [0.2, 0.25) is 6.23 Å². The number of hydrogen-bond acceptors (Lipinski definition) is 7. The van der Waals surface area contributed by atoms with Crippen molar-refractivity contribution in [1.82, 2.24) is 9.55 Å². The van der Waals surface area contributed by atoms with Crippen molar-refractivity contribution in [3.63, 3.8) is 0 Å². The van der Waals surface area contributed by atoms with Crippen molar-refractivity contribution in [2.45, 2.75) is 24.4 Å². The fourth-order valence-electron chi connectivity index (χ4n) is 3.46. The maximum Gasteiger partial charge on any atom is 0.338 e. The summed E-state index contributed by atoms with van der Waals surface area (Å²) in [6.07, 6.45) is -5.54. The average Bonchev–Trinajstić information content (AvgIpc) is 3.10. The minimum Gasteiger partial charge on any atom is -0.459 e. The summed E-state index contributed by atoms with van der Waals surface area (Å²) < 4.78 is 47.0. The molecule has 1 unspecified atom stereocenters. The number of carbonyl (C=O) groups is 2. The summed E-state index contributed by atoms with van der Waals surface area (Å²) in [5.41, 5.74) is -2.04. The van der Waals surface area contributed by atoms with Crippen molar-refractivity contribution in [1.29, 1.82) is 0 Å². The van der Waals surface area contributed by atoms with Gasteiger partial charge in [0, 0.05) is 6.20 Å². The zero-order valence-electron chi connectivity index (χ0n) is 17.7. The summed E-state index contributed by atoms with van der Waals surface area (Å²) in [4.78, 5) is 50.4. The Balaban J connectivity index is 1.64. The second kappa shape index (κ2) is 9.80. The number of benzene rings is 2. The third-order valence-corrected chi connectivity index (χ3v) is 5.43. The van der Waals surface area contributed by atoms with Crippen LogP contribution in [0.5, 0.6) is 0 Å². The Labute approximate surface area is 200 Å². The molecule has 1 saturated heterocycles. The molecule has 4 rings (SSSR count). The number of carbonyl (C=O) groups excluding carboxylic acids is 2. The van der Waals surface area contributed by atoms with Crippen molar-refractivity contribution in [3.05, 3.63) is 104 Å². The lowest BCUT2D eigenvalue weighted by Crippen LogP contribution is -2.45. The second-order valence-corrected chi connectivity index (χ2v) is 7.91. The summed E-state index contributed by atoms with van der Waals surface area (Å²) in [5, 5.41) is -0.541. The van der Waals surface area contributed by atoms with Crippen LogP contribution >= 0.6 is 11.6 Å². The maximum absolute atomic E-state index is 15.5. The Hall–Kier alpha value is -3.83. The minimum atomic E-state index is -3.99. The van der Waals surface area contributed by atoms with Gasteiger partial charge < -0.3 is 14.2 Å². The molecule has 1 aliphatic heterocycles. The van der Waals surface area contributed by atoms with Gasteiger partial charge in [-0.3, -0.25) is 14.3 Å². The Morgan fingerprint density at radius 2 is 1.57 bits per heavy atom. The Bertz CT molecular complexity index is 1350. The van der Waals surface area contributed by atoms with Gasteiger partial charge in [-0.1, -0.05) is 48.0 Å². The predicted octanol–water partition coefficient (Wildman–Crippen LogP) is 2.81. The highest BCUT2D eigenvalue weighted by Gasteiger charge is 2.63. The zero-order valence-corrected chi connectivity index (χ0v) is 18.5. The molecule has 1 aliphatic rings. The minimum absolute atomic E-state index is 0.00367. The van der Waals surface area contributed by atoms with E-state index in [1.54, 1.807) is 29.2 Å². The third kappa shape index (κ3) is 5.00. The first-order valence-electron chi connectivity index (χ1n) is 10.2. The van der Waals surface area contributed by atoms with Crippen LogP contribution in [0.4, 0.5) is 8.78 Å². The molecule has 35 heavy (non-hydrogen) atoms. The van der Waals surface area contributed by atoms with E-state index >= 15 is 8.78 Å². The van der Waals surface area contributed by atoms with Gasteiger partial charge in [0.1, 0.15) is 17.7 Å². The Kier molecular flexibility index (Phi) is 6.81. The molecule has 9 nitrogen and oxygen atoms in total. The van der Waals surface area contributed by atoms with Crippen molar-refractivity contribution >= 4 is 23.5 Å². The van der Waals surface area contributed by atoms with Gasteiger partial charge in [-0.15, -0.1) is 0 Å². The largest absolute Gasteiger partial charge is 0.459 e. The second-order valence-electron chi connectivity index (χ2n) is 7.50. The lowest BCUT2D eigenvalue weighted by atomic mass is 10.1. The summed E-state index contributed by atoms with van der Waals surface area (Å²) in [6.45, 7) is -0.724. The van der Waals surface area contributed by atoms with Crippen molar-refractivity contribution in [2.24, 2.45) is 0 Å². The number of ether oxygens (including phenoxy) is 3. The quantitative estimate of drug-likeness (QED) is 0.511. The highest BCUT2D eigenvalue weighted by Crippen LogP contribution is 2.44. The van der Waals surface area contributed by atoms with E-state index in [-0.39, 0.29) is 11.1 Å². The summed E-state index contributed by atoms with van der Waals surface area (Å²) >= 11 is 5.71. The third-order valence-electron chi connectivity index (χ3n) is 5.16. The van der Waals surface area contributed by atoms with E-state index in [1.165, 1.54) is 36.4 Å². The van der Waals surface area contributed by atoms with E-state index in [9.17, 15) is 19.2 Å². The molecular weight excluding hydrogens is 490 g/mol. The average molecular weight is 507 g/mol. The van der Waals surface area contributed by atoms with Crippen LogP contribution < -0.4 is 11.2 Å². The standard InChI is InChI=1S/C23H17ClF2N2O7/c24-15-11-28(22(32)27-18(15)29)21-23(25,26)17(35-20(31)14-9-5-2-6-10-14)16(34-21)12-33-19(30)13-7-3-1-4-8-13/h1-11,16-17,21H,12H2,(H,27,29,32)/t16-,17-,21?/m0/s1. The number of nitrogens with one attached hydrogen (secondary N) is 1. The normalized spacial score (nSPS) is 20.8. The van der Waals surface area contributed by atoms with Crippen molar-refractivity contribution < 1.29 is 32.6 Å². The molecule has 182 valence electrons. The van der Waals surface area contributed by atoms with Gasteiger partial charge in [0.25, 0.3) is 5.56 Å². The molecule has 0 aliphatic carbocycles. The fourth-order valence-corrected chi connectivity index (χ4v) is 3.61. The smallest absolute Gasteiger partial charge is 0.338 e. The van der Waals surface area contributed by atoms with Crippen LogP contribution in [0, 0.1) is 0 Å². The molecule has 0 amide bonds. The molecule has 1 fully saturated rings. The highest BCUT2D eigenvalue weighted by molar-refractivity contribution is 6.30. The lowest BCUT2D eigenvalue weighted by Gasteiger charge is -2.24. The Morgan fingerprint density at radius 1 is 1.00 bits per heavy atom.